The summed E-state index contributed by atoms with van der Waals surface area (Å²) >= 11 is 0. The number of alkyl halides is 9. The van der Waals surface area contributed by atoms with Crippen LogP contribution in [0.15, 0.2) is 0 Å². The number of hydrogen-bond acceptors (Lipinski definition) is 1. The zero-order chi connectivity index (χ0) is 15.9. The lowest BCUT2D eigenvalue weighted by molar-refractivity contribution is -0.388. The van der Waals surface area contributed by atoms with E-state index in [-0.39, 0.29) is 0 Å². The molecule has 0 fully saturated rings. The maximum absolute atomic E-state index is 12.8. The van der Waals surface area contributed by atoms with Crippen molar-refractivity contribution in [1.29, 1.82) is 0 Å². The van der Waals surface area contributed by atoms with Gasteiger partial charge >= 0.3 is 23.9 Å². The zero-order valence-electron chi connectivity index (χ0n) is 9.39. The number of nitrogens with one attached hydrogen (secondary N) is 1. The fourth-order valence-electron chi connectivity index (χ4n) is 0.871. The first kappa shape index (κ1) is 17.8. The largest absolute Gasteiger partial charge is 0.460 e. The molecule has 0 unspecified atom stereocenters. The Kier molecular flexibility index (Phi) is 4.46. The van der Waals surface area contributed by atoms with E-state index in [2.05, 4.69) is 0 Å². The van der Waals surface area contributed by atoms with Crippen molar-refractivity contribution in [1.82, 2.24) is 5.32 Å². The van der Waals surface area contributed by atoms with E-state index in [1.165, 1.54) is 0 Å². The molecule has 1 N–H and O–H groups in total. The van der Waals surface area contributed by atoms with Crippen LogP contribution in [0, 0.1) is 0 Å². The monoisotopic (exact) mass is 305 g/mol. The lowest BCUT2D eigenvalue weighted by Gasteiger charge is -2.33. The summed E-state index contributed by atoms with van der Waals surface area (Å²) in [5.74, 6) is -23.1. The Morgan fingerprint density at radius 1 is 0.842 bits per heavy atom. The van der Waals surface area contributed by atoms with E-state index < -0.39 is 35.9 Å². The van der Waals surface area contributed by atoms with Crippen LogP contribution in [0.3, 0.4) is 0 Å². The summed E-state index contributed by atoms with van der Waals surface area (Å²) in [6.07, 6.45) is -6.93. The molecular formula is C8H8F9NO. The summed E-state index contributed by atoms with van der Waals surface area (Å²) < 4.78 is 111. The van der Waals surface area contributed by atoms with E-state index >= 15 is 0 Å². The van der Waals surface area contributed by atoms with Crippen LogP contribution in [-0.2, 0) is 4.79 Å². The number of amides is 1. The molecule has 0 aromatic rings. The highest BCUT2D eigenvalue weighted by Crippen LogP contribution is 2.53. The molecular weight excluding hydrogens is 297 g/mol. The second-order valence-electron chi connectivity index (χ2n) is 3.85. The van der Waals surface area contributed by atoms with Gasteiger partial charge in [-0.3, -0.25) is 4.79 Å². The molecule has 0 radical (unpaired) electrons. The van der Waals surface area contributed by atoms with Crippen LogP contribution < -0.4 is 5.32 Å². The molecule has 0 rings (SSSR count). The molecule has 11 heteroatoms. The summed E-state index contributed by atoms with van der Waals surface area (Å²) in [4.78, 5) is 10.7. The SMILES string of the molecule is CC(C)NC(=O)C(F)(F)C(F)(F)C(F)(F)C(F)(F)F. The number of carbonyl (C=O) groups excluding carboxylic acids is 1. The first-order valence-electron chi connectivity index (χ1n) is 4.60. The van der Waals surface area contributed by atoms with E-state index in [0.717, 1.165) is 19.2 Å². The second-order valence-corrected chi connectivity index (χ2v) is 3.85. The molecule has 2 nitrogen and oxygen atoms in total. The average molecular weight is 305 g/mol. The van der Waals surface area contributed by atoms with Gasteiger partial charge in [-0.05, 0) is 13.8 Å². The van der Waals surface area contributed by atoms with E-state index in [1.54, 1.807) is 0 Å². The normalized spacial score (nSPS) is 14.7. The third-order valence-electron chi connectivity index (χ3n) is 1.85. The minimum absolute atomic E-state index is 1.02. The van der Waals surface area contributed by atoms with Crippen molar-refractivity contribution in [2.45, 2.75) is 43.8 Å². The molecule has 0 aliphatic heterocycles. The molecule has 0 aliphatic rings. The van der Waals surface area contributed by atoms with Gasteiger partial charge in [-0.1, -0.05) is 0 Å². The van der Waals surface area contributed by atoms with Gasteiger partial charge in [0.2, 0.25) is 0 Å². The predicted octanol–water partition coefficient (Wildman–Crippen LogP) is 2.98. The Balaban J connectivity index is 5.57. The van der Waals surface area contributed by atoms with Gasteiger partial charge in [0.1, 0.15) is 0 Å². The van der Waals surface area contributed by atoms with Crippen molar-refractivity contribution in [2.75, 3.05) is 0 Å². The molecule has 0 aromatic heterocycles. The van der Waals surface area contributed by atoms with Crippen molar-refractivity contribution in [2.24, 2.45) is 0 Å². The second kappa shape index (κ2) is 4.75. The molecule has 0 saturated carbocycles. The summed E-state index contributed by atoms with van der Waals surface area (Å²) in [5, 5.41) is 1.14. The molecule has 1 amide bonds. The van der Waals surface area contributed by atoms with Crippen LogP contribution >= 0.6 is 0 Å². The fourth-order valence-corrected chi connectivity index (χ4v) is 0.871. The Labute approximate surface area is 100 Å². The Hall–Kier alpha value is -1.16. The number of halogens is 9. The molecule has 0 spiro atoms. The third kappa shape index (κ3) is 2.89. The van der Waals surface area contributed by atoms with Crippen LogP contribution in [0.4, 0.5) is 39.5 Å². The van der Waals surface area contributed by atoms with Gasteiger partial charge in [0.25, 0.3) is 5.91 Å². The molecule has 114 valence electrons. The van der Waals surface area contributed by atoms with Crippen molar-refractivity contribution < 1.29 is 44.3 Å². The van der Waals surface area contributed by atoms with Crippen LogP contribution in [-0.4, -0.2) is 35.9 Å². The smallest absolute Gasteiger partial charge is 0.348 e. The third-order valence-corrected chi connectivity index (χ3v) is 1.85. The van der Waals surface area contributed by atoms with Crippen molar-refractivity contribution in [3.05, 3.63) is 0 Å². The van der Waals surface area contributed by atoms with Gasteiger partial charge in [0.05, 0.1) is 0 Å². The Morgan fingerprint density at radius 2 is 1.21 bits per heavy atom. The van der Waals surface area contributed by atoms with Crippen LogP contribution in [0.5, 0.6) is 0 Å². The van der Waals surface area contributed by atoms with E-state index in [0.29, 0.717) is 0 Å². The van der Waals surface area contributed by atoms with E-state index in [4.69, 9.17) is 0 Å². The van der Waals surface area contributed by atoms with Crippen molar-refractivity contribution >= 4 is 5.91 Å². The van der Waals surface area contributed by atoms with Crippen molar-refractivity contribution in [3.63, 3.8) is 0 Å². The lowest BCUT2D eigenvalue weighted by Crippen LogP contribution is -2.65. The topological polar surface area (TPSA) is 29.1 Å². The van der Waals surface area contributed by atoms with Gasteiger partial charge in [-0.15, -0.1) is 0 Å². The molecule has 0 saturated heterocycles. The van der Waals surface area contributed by atoms with Gasteiger partial charge in [-0.2, -0.15) is 39.5 Å². The Morgan fingerprint density at radius 3 is 1.47 bits per heavy atom. The molecule has 0 aliphatic carbocycles. The van der Waals surface area contributed by atoms with Crippen LogP contribution in [0.2, 0.25) is 0 Å². The van der Waals surface area contributed by atoms with E-state index in [1.807, 2.05) is 0 Å². The highest BCUT2D eigenvalue weighted by Gasteiger charge is 2.83. The van der Waals surface area contributed by atoms with Gasteiger partial charge < -0.3 is 5.32 Å². The Bertz CT molecular complexity index is 347. The molecule has 19 heavy (non-hydrogen) atoms. The minimum atomic E-state index is -7.06. The standard InChI is InChI=1S/C8H8F9NO/c1-3(2)18-4(19)5(9,10)6(11,12)7(13,14)8(15,16)17/h3H,1-2H3,(H,18,19). The number of rotatable bonds is 4. The molecule has 0 atom stereocenters. The summed E-state index contributed by atoms with van der Waals surface area (Å²) in [7, 11) is 0. The number of carbonyl (C=O) groups is 1. The lowest BCUT2D eigenvalue weighted by atomic mass is 10.0. The maximum Gasteiger partial charge on any atom is 0.460 e. The summed E-state index contributed by atoms with van der Waals surface area (Å²) in [5.41, 5.74) is 0. The predicted molar refractivity (Wildman–Crippen MR) is 44.2 cm³/mol. The first-order valence-corrected chi connectivity index (χ1v) is 4.60. The summed E-state index contributed by atoms with van der Waals surface area (Å²) in [6.45, 7) is 2.04. The molecule has 0 heterocycles. The highest BCUT2D eigenvalue weighted by molar-refractivity contribution is 5.85. The van der Waals surface area contributed by atoms with E-state index in [9.17, 15) is 44.3 Å². The quantitative estimate of drug-likeness (QED) is 0.795. The number of hydrogen-bond donors (Lipinski definition) is 1. The molecule has 0 aromatic carbocycles. The average Bonchev–Trinajstić information content (AvgIpc) is 2.13. The van der Waals surface area contributed by atoms with Crippen LogP contribution in [0.1, 0.15) is 13.8 Å². The fraction of sp³-hybridized carbons (Fsp3) is 0.875. The maximum atomic E-state index is 12.8. The van der Waals surface area contributed by atoms with Gasteiger partial charge in [-0.25, -0.2) is 0 Å². The minimum Gasteiger partial charge on any atom is -0.348 e. The first-order chi connectivity index (χ1) is 8.09. The highest BCUT2D eigenvalue weighted by atomic mass is 19.4. The zero-order valence-corrected chi connectivity index (χ0v) is 9.39. The van der Waals surface area contributed by atoms with Gasteiger partial charge in [0.15, 0.2) is 0 Å². The van der Waals surface area contributed by atoms with Gasteiger partial charge in [0, 0.05) is 6.04 Å². The molecule has 0 bridgehead atoms. The van der Waals surface area contributed by atoms with Crippen LogP contribution in [0.25, 0.3) is 0 Å². The van der Waals surface area contributed by atoms with Crippen molar-refractivity contribution in [3.8, 4) is 0 Å². The summed E-state index contributed by atoms with van der Waals surface area (Å²) in [6, 6.07) is -1.16.